The zero-order valence-electron chi connectivity index (χ0n) is 15.3. The van der Waals surface area contributed by atoms with Gasteiger partial charge in [0.15, 0.2) is 0 Å². The molecule has 0 fully saturated rings. The number of amides is 2. The highest BCUT2D eigenvalue weighted by molar-refractivity contribution is 6.31. The van der Waals surface area contributed by atoms with E-state index in [1.165, 1.54) is 6.20 Å². The molecule has 0 unspecified atom stereocenters. The number of pyridine rings is 1. The number of carbonyl (C=O) groups excluding carboxylic acids is 2. The summed E-state index contributed by atoms with van der Waals surface area (Å²) in [6, 6.07) is 12.1. The number of H-pyrrole nitrogens is 1. The molecular formula is C20H16ClN5O3. The lowest BCUT2D eigenvalue weighted by Crippen LogP contribution is -2.35. The van der Waals surface area contributed by atoms with Crippen molar-refractivity contribution in [3.63, 3.8) is 0 Å². The molecule has 2 heterocycles. The number of benzene rings is 2. The minimum Gasteiger partial charge on any atom is -0.360 e. The van der Waals surface area contributed by atoms with Crippen LogP contribution in [-0.4, -0.2) is 32.9 Å². The summed E-state index contributed by atoms with van der Waals surface area (Å²) in [5.74, 6) is -0.783. The maximum absolute atomic E-state index is 12.5. The molecule has 0 saturated carbocycles. The van der Waals surface area contributed by atoms with Crippen LogP contribution in [0.25, 0.3) is 21.9 Å². The van der Waals surface area contributed by atoms with Crippen LogP contribution in [0.3, 0.4) is 0 Å². The number of halogens is 1. The molecule has 2 aromatic carbocycles. The number of para-hydroxylation sites is 1. The van der Waals surface area contributed by atoms with Gasteiger partial charge in [-0.15, -0.1) is 0 Å². The van der Waals surface area contributed by atoms with Crippen LogP contribution in [-0.2, 0) is 11.8 Å². The molecule has 3 N–H and O–H groups in total. The number of nitrogens with one attached hydrogen (secondary N) is 3. The van der Waals surface area contributed by atoms with Crippen LogP contribution in [0.4, 0.5) is 5.95 Å². The number of anilines is 1. The van der Waals surface area contributed by atoms with E-state index in [2.05, 4.69) is 20.6 Å². The lowest BCUT2D eigenvalue weighted by molar-refractivity contribution is -0.115. The number of hydrogen-bond donors (Lipinski definition) is 3. The van der Waals surface area contributed by atoms with Gasteiger partial charge in [-0.3, -0.25) is 19.7 Å². The Balaban J connectivity index is 1.46. The summed E-state index contributed by atoms with van der Waals surface area (Å²) in [6.07, 6.45) is 1.34. The molecular weight excluding hydrogens is 394 g/mol. The fraction of sp³-hybridized carbons (Fsp3) is 0.100. The van der Waals surface area contributed by atoms with Crippen molar-refractivity contribution in [2.24, 2.45) is 7.05 Å². The first-order valence-electron chi connectivity index (χ1n) is 8.74. The van der Waals surface area contributed by atoms with Crippen molar-refractivity contribution in [2.75, 3.05) is 11.9 Å². The highest BCUT2D eigenvalue weighted by Crippen LogP contribution is 2.21. The van der Waals surface area contributed by atoms with E-state index in [0.717, 1.165) is 5.52 Å². The molecule has 0 aliphatic carbocycles. The Morgan fingerprint density at radius 3 is 2.83 bits per heavy atom. The number of hydrogen-bond acceptors (Lipinski definition) is 4. The molecule has 29 heavy (non-hydrogen) atoms. The van der Waals surface area contributed by atoms with E-state index in [1.807, 2.05) is 0 Å². The first kappa shape index (κ1) is 18.7. The summed E-state index contributed by atoms with van der Waals surface area (Å²) in [4.78, 5) is 44.3. The number of fused-ring (bicyclic) bond motifs is 2. The molecule has 4 aromatic rings. The second-order valence-corrected chi connectivity index (χ2v) is 6.87. The average molecular weight is 410 g/mol. The fourth-order valence-corrected chi connectivity index (χ4v) is 3.21. The van der Waals surface area contributed by atoms with E-state index in [-0.39, 0.29) is 12.1 Å². The molecule has 146 valence electrons. The van der Waals surface area contributed by atoms with Crippen LogP contribution in [0.1, 0.15) is 10.4 Å². The number of aromatic nitrogens is 3. The maximum Gasteiger partial charge on any atom is 0.257 e. The smallest absolute Gasteiger partial charge is 0.257 e. The molecule has 0 saturated heterocycles. The number of nitrogens with zero attached hydrogens (tertiary/aromatic N) is 2. The van der Waals surface area contributed by atoms with Crippen molar-refractivity contribution in [3.05, 3.63) is 69.5 Å². The molecule has 0 bridgehead atoms. The minimum absolute atomic E-state index is 0.0612. The predicted molar refractivity (Wildman–Crippen MR) is 111 cm³/mol. The van der Waals surface area contributed by atoms with Crippen molar-refractivity contribution in [1.82, 2.24) is 19.9 Å². The van der Waals surface area contributed by atoms with Gasteiger partial charge in [0.2, 0.25) is 17.3 Å². The number of rotatable bonds is 4. The summed E-state index contributed by atoms with van der Waals surface area (Å²) in [6.45, 7) is -0.310. The van der Waals surface area contributed by atoms with Crippen LogP contribution < -0.4 is 16.1 Å². The van der Waals surface area contributed by atoms with Crippen molar-refractivity contribution in [2.45, 2.75) is 0 Å². The third kappa shape index (κ3) is 3.57. The monoisotopic (exact) mass is 409 g/mol. The van der Waals surface area contributed by atoms with Gasteiger partial charge in [0.05, 0.1) is 17.6 Å². The average Bonchev–Trinajstić information content (AvgIpc) is 3.01. The van der Waals surface area contributed by atoms with E-state index in [1.54, 1.807) is 54.1 Å². The minimum atomic E-state index is -0.635. The highest BCUT2D eigenvalue weighted by atomic mass is 35.5. The van der Waals surface area contributed by atoms with Crippen molar-refractivity contribution >= 4 is 51.3 Å². The maximum atomic E-state index is 12.5. The molecule has 9 heteroatoms. The number of carbonyl (C=O) groups is 2. The van der Waals surface area contributed by atoms with Crippen molar-refractivity contribution in [3.8, 4) is 0 Å². The van der Waals surface area contributed by atoms with Crippen LogP contribution in [0.15, 0.2) is 53.5 Å². The van der Waals surface area contributed by atoms with Gasteiger partial charge in [-0.25, -0.2) is 4.98 Å². The van der Waals surface area contributed by atoms with Crippen molar-refractivity contribution < 1.29 is 9.59 Å². The Labute approximate surface area is 169 Å². The van der Waals surface area contributed by atoms with Crippen LogP contribution in [0.2, 0.25) is 5.02 Å². The molecule has 0 aliphatic rings. The third-order valence-electron chi connectivity index (χ3n) is 4.54. The van der Waals surface area contributed by atoms with Crippen molar-refractivity contribution in [1.29, 1.82) is 0 Å². The topological polar surface area (TPSA) is 109 Å². The van der Waals surface area contributed by atoms with Gasteiger partial charge in [-0.05, 0) is 30.3 Å². The normalized spacial score (nSPS) is 11.0. The van der Waals surface area contributed by atoms with Crippen LogP contribution in [0, 0.1) is 0 Å². The molecule has 4 rings (SSSR count). The van der Waals surface area contributed by atoms with Gasteiger partial charge in [-0.2, -0.15) is 0 Å². The predicted octanol–water partition coefficient (Wildman–Crippen LogP) is 2.44. The number of aromatic amines is 1. The summed E-state index contributed by atoms with van der Waals surface area (Å²) >= 11 is 5.97. The van der Waals surface area contributed by atoms with Gasteiger partial charge in [0.25, 0.3) is 5.91 Å². The van der Waals surface area contributed by atoms with E-state index < -0.39 is 17.2 Å². The lowest BCUT2D eigenvalue weighted by Gasteiger charge is -2.07. The van der Waals surface area contributed by atoms with Crippen LogP contribution in [0.5, 0.6) is 0 Å². The van der Waals surface area contributed by atoms with Gasteiger partial charge in [-0.1, -0.05) is 23.7 Å². The highest BCUT2D eigenvalue weighted by Gasteiger charge is 2.15. The number of imidazole rings is 1. The Morgan fingerprint density at radius 2 is 2.00 bits per heavy atom. The quantitative estimate of drug-likeness (QED) is 0.481. The van der Waals surface area contributed by atoms with E-state index in [4.69, 9.17) is 11.6 Å². The van der Waals surface area contributed by atoms with E-state index in [0.29, 0.717) is 27.4 Å². The molecule has 8 nitrogen and oxygen atoms in total. The Kier molecular flexibility index (Phi) is 4.77. The molecule has 0 atom stereocenters. The second kappa shape index (κ2) is 7.40. The zero-order valence-corrected chi connectivity index (χ0v) is 16.1. The summed E-state index contributed by atoms with van der Waals surface area (Å²) in [5, 5.41) is 6.05. The zero-order chi connectivity index (χ0) is 20.5. The van der Waals surface area contributed by atoms with Gasteiger partial charge in [0.1, 0.15) is 5.56 Å². The van der Waals surface area contributed by atoms with E-state index in [9.17, 15) is 14.4 Å². The standard InChI is InChI=1S/C20H16ClN5O3/c1-26-16-7-6-11(21)8-15(16)24-20(26)25-17(27)10-23-19(29)13-9-22-14-5-3-2-4-12(14)18(13)28/h2-9H,10H2,1H3,(H,22,28)(H,23,29)(H,24,25,27). The SMILES string of the molecule is Cn1c(NC(=O)CNC(=O)c2c[nH]c3ccccc3c2=O)nc2cc(Cl)ccc21. The molecule has 2 aromatic heterocycles. The molecule has 2 amide bonds. The van der Waals surface area contributed by atoms with Crippen LogP contribution >= 0.6 is 11.6 Å². The van der Waals surface area contributed by atoms with Gasteiger partial charge in [0, 0.05) is 29.2 Å². The van der Waals surface area contributed by atoms with Gasteiger partial charge >= 0.3 is 0 Å². The second-order valence-electron chi connectivity index (χ2n) is 6.44. The Bertz CT molecular complexity index is 1320. The first-order valence-corrected chi connectivity index (χ1v) is 9.12. The molecule has 0 radical (unpaired) electrons. The number of aryl methyl sites for hydroxylation is 1. The van der Waals surface area contributed by atoms with Gasteiger partial charge < -0.3 is 14.9 Å². The largest absolute Gasteiger partial charge is 0.360 e. The molecule has 0 aliphatic heterocycles. The first-order chi connectivity index (χ1) is 13.9. The van der Waals surface area contributed by atoms with E-state index >= 15 is 0 Å². The summed E-state index contributed by atoms with van der Waals surface area (Å²) < 4.78 is 1.71. The fourth-order valence-electron chi connectivity index (χ4n) is 3.05. The Hall–Kier alpha value is -3.65. The lowest BCUT2D eigenvalue weighted by atomic mass is 10.1. The summed E-state index contributed by atoms with van der Waals surface area (Å²) in [7, 11) is 1.76. The Morgan fingerprint density at radius 1 is 1.21 bits per heavy atom. The third-order valence-corrected chi connectivity index (χ3v) is 4.77. The molecule has 0 spiro atoms. The summed E-state index contributed by atoms with van der Waals surface area (Å²) in [5.41, 5.74) is 1.62.